The second-order valence-corrected chi connectivity index (χ2v) is 7.79. The first-order valence-corrected chi connectivity index (χ1v) is 8.68. The van der Waals surface area contributed by atoms with E-state index in [4.69, 9.17) is 4.74 Å². The van der Waals surface area contributed by atoms with E-state index in [1.54, 1.807) is 13.1 Å². The van der Waals surface area contributed by atoms with Crippen LogP contribution in [0.5, 0.6) is 0 Å². The van der Waals surface area contributed by atoms with Gasteiger partial charge in [-0.05, 0) is 28.3 Å². The highest BCUT2D eigenvalue weighted by atomic mass is 79.9. The van der Waals surface area contributed by atoms with E-state index in [0.717, 1.165) is 16.0 Å². The number of carbonyl (C=O) groups excluding carboxylic acids is 1. The van der Waals surface area contributed by atoms with Crippen LogP contribution in [0.1, 0.15) is 44.1 Å². The lowest BCUT2D eigenvalue weighted by Crippen LogP contribution is -2.35. The molecule has 24 heavy (non-hydrogen) atoms. The SMILES string of the molecule is CCOC(=O)c1cn2c(cc1=O)-c1cc(Br)nn1CC2C(C)(C)C. The number of hydrogen-bond donors (Lipinski definition) is 0. The summed E-state index contributed by atoms with van der Waals surface area (Å²) in [6.07, 6.45) is 1.63. The molecule has 0 saturated heterocycles. The molecule has 0 bridgehead atoms. The van der Waals surface area contributed by atoms with Crippen LogP contribution in [0.15, 0.2) is 27.7 Å². The largest absolute Gasteiger partial charge is 0.462 e. The second kappa shape index (κ2) is 5.88. The molecule has 2 aromatic rings. The molecule has 128 valence electrons. The number of rotatable bonds is 2. The lowest BCUT2D eigenvalue weighted by molar-refractivity contribution is 0.0522. The molecule has 0 spiro atoms. The minimum Gasteiger partial charge on any atom is -0.462 e. The van der Waals surface area contributed by atoms with Gasteiger partial charge in [-0.25, -0.2) is 4.79 Å². The van der Waals surface area contributed by atoms with Gasteiger partial charge in [0.05, 0.1) is 30.6 Å². The predicted molar refractivity (Wildman–Crippen MR) is 94.1 cm³/mol. The Balaban J connectivity index is 2.24. The molecule has 1 aliphatic heterocycles. The van der Waals surface area contributed by atoms with E-state index >= 15 is 0 Å². The van der Waals surface area contributed by atoms with Crippen molar-refractivity contribution in [3.8, 4) is 11.4 Å². The van der Waals surface area contributed by atoms with Crippen molar-refractivity contribution in [2.75, 3.05) is 6.61 Å². The fourth-order valence-electron chi connectivity index (χ4n) is 3.05. The first kappa shape index (κ1) is 17.0. The van der Waals surface area contributed by atoms with Crippen LogP contribution < -0.4 is 5.43 Å². The van der Waals surface area contributed by atoms with E-state index in [1.165, 1.54) is 6.07 Å². The highest BCUT2D eigenvalue weighted by Crippen LogP contribution is 2.39. The molecule has 1 unspecified atom stereocenters. The van der Waals surface area contributed by atoms with Crippen LogP contribution in [-0.4, -0.2) is 26.9 Å². The summed E-state index contributed by atoms with van der Waals surface area (Å²) in [6.45, 7) is 9.03. The zero-order valence-electron chi connectivity index (χ0n) is 14.2. The number of nitrogens with zero attached hydrogens (tertiary/aromatic N) is 3. The molecule has 6 nitrogen and oxygen atoms in total. The minimum absolute atomic E-state index is 0.0561. The Kier molecular flexibility index (Phi) is 4.15. The van der Waals surface area contributed by atoms with Crippen LogP contribution in [0.2, 0.25) is 0 Å². The molecule has 1 atom stereocenters. The summed E-state index contributed by atoms with van der Waals surface area (Å²) in [5.41, 5.74) is 1.28. The van der Waals surface area contributed by atoms with Crippen LogP contribution in [0.4, 0.5) is 0 Å². The third kappa shape index (κ3) is 2.81. The molecule has 0 aliphatic carbocycles. The molecule has 0 amide bonds. The van der Waals surface area contributed by atoms with E-state index in [-0.39, 0.29) is 29.1 Å². The Bertz CT molecular complexity index is 861. The number of aromatic nitrogens is 3. The molecule has 0 N–H and O–H groups in total. The molecule has 3 heterocycles. The van der Waals surface area contributed by atoms with E-state index in [0.29, 0.717) is 6.54 Å². The molecule has 3 rings (SSSR count). The highest BCUT2D eigenvalue weighted by molar-refractivity contribution is 9.10. The van der Waals surface area contributed by atoms with Crippen molar-refractivity contribution >= 4 is 21.9 Å². The van der Waals surface area contributed by atoms with Gasteiger partial charge in [-0.3, -0.25) is 9.48 Å². The van der Waals surface area contributed by atoms with Gasteiger partial charge < -0.3 is 9.30 Å². The normalized spacial score (nSPS) is 16.5. The lowest BCUT2D eigenvalue weighted by atomic mass is 9.85. The minimum atomic E-state index is -0.578. The van der Waals surface area contributed by atoms with Gasteiger partial charge in [-0.15, -0.1) is 0 Å². The molecular weight excluding hydrogens is 374 g/mol. The number of hydrogen-bond acceptors (Lipinski definition) is 4. The van der Waals surface area contributed by atoms with Crippen LogP contribution >= 0.6 is 15.9 Å². The summed E-state index contributed by atoms with van der Waals surface area (Å²) < 4.78 is 9.65. The van der Waals surface area contributed by atoms with E-state index in [2.05, 4.69) is 41.8 Å². The zero-order chi connectivity index (χ0) is 17.6. The van der Waals surface area contributed by atoms with Crippen molar-refractivity contribution in [2.24, 2.45) is 5.41 Å². The van der Waals surface area contributed by atoms with Gasteiger partial charge in [0.25, 0.3) is 0 Å². The Morgan fingerprint density at radius 1 is 1.38 bits per heavy atom. The number of carbonyl (C=O) groups is 1. The summed E-state index contributed by atoms with van der Waals surface area (Å²) in [6, 6.07) is 3.44. The average Bonchev–Trinajstić information content (AvgIpc) is 2.85. The Labute approximate surface area is 148 Å². The Hall–Kier alpha value is -1.89. The summed E-state index contributed by atoms with van der Waals surface area (Å²) >= 11 is 3.40. The summed E-state index contributed by atoms with van der Waals surface area (Å²) in [5, 5.41) is 4.46. The van der Waals surface area contributed by atoms with Gasteiger partial charge in [0.2, 0.25) is 0 Å². The van der Waals surface area contributed by atoms with E-state index < -0.39 is 5.97 Å². The second-order valence-electron chi connectivity index (χ2n) is 6.98. The topological polar surface area (TPSA) is 66.1 Å². The summed E-state index contributed by atoms with van der Waals surface area (Å²) in [5.74, 6) is -0.578. The highest BCUT2D eigenvalue weighted by Gasteiger charge is 2.34. The van der Waals surface area contributed by atoms with E-state index in [1.807, 2.05) is 15.3 Å². The molecule has 0 aromatic carbocycles. The van der Waals surface area contributed by atoms with Crippen LogP contribution in [0.3, 0.4) is 0 Å². The van der Waals surface area contributed by atoms with Gasteiger partial charge in [-0.1, -0.05) is 20.8 Å². The van der Waals surface area contributed by atoms with Crippen molar-refractivity contribution in [3.63, 3.8) is 0 Å². The van der Waals surface area contributed by atoms with E-state index in [9.17, 15) is 9.59 Å². The van der Waals surface area contributed by atoms with Gasteiger partial charge in [0.15, 0.2) is 5.43 Å². The van der Waals surface area contributed by atoms with Gasteiger partial charge in [-0.2, -0.15) is 5.10 Å². The number of ether oxygens (including phenoxy) is 1. The molecule has 7 heteroatoms. The van der Waals surface area contributed by atoms with Crippen LogP contribution in [0.25, 0.3) is 11.4 Å². The number of halogens is 1. The Morgan fingerprint density at radius 3 is 2.71 bits per heavy atom. The van der Waals surface area contributed by atoms with Gasteiger partial charge in [0.1, 0.15) is 10.2 Å². The third-order valence-electron chi connectivity index (χ3n) is 4.27. The van der Waals surface area contributed by atoms with Crippen molar-refractivity contribution in [2.45, 2.75) is 40.3 Å². The van der Waals surface area contributed by atoms with Crippen molar-refractivity contribution in [1.82, 2.24) is 14.3 Å². The lowest BCUT2D eigenvalue weighted by Gasteiger charge is -2.38. The zero-order valence-corrected chi connectivity index (χ0v) is 15.8. The molecule has 1 aliphatic rings. The maximum absolute atomic E-state index is 12.4. The standard InChI is InChI=1S/C17H20BrN3O3/c1-5-24-16(23)10-8-20-11(6-13(10)22)12-7-15(18)19-21(12)9-14(20)17(2,3)4/h6-8,14H,5,9H2,1-4H3. The van der Waals surface area contributed by atoms with Crippen molar-refractivity contribution < 1.29 is 9.53 Å². The quantitative estimate of drug-likeness (QED) is 0.734. The number of pyridine rings is 1. The van der Waals surface area contributed by atoms with Crippen LogP contribution in [0, 0.1) is 5.41 Å². The van der Waals surface area contributed by atoms with Crippen molar-refractivity contribution in [3.05, 3.63) is 38.7 Å². The Morgan fingerprint density at radius 2 is 2.08 bits per heavy atom. The molecular formula is C17H20BrN3O3. The van der Waals surface area contributed by atoms with Gasteiger partial charge in [0, 0.05) is 18.3 Å². The third-order valence-corrected chi connectivity index (χ3v) is 4.66. The summed E-state index contributed by atoms with van der Waals surface area (Å²) in [4.78, 5) is 24.5. The fraction of sp³-hybridized carbons (Fsp3) is 0.471. The first-order chi connectivity index (χ1) is 11.2. The maximum atomic E-state index is 12.4. The number of esters is 1. The molecule has 0 fully saturated rings. The van der Waals surface area contributed by atoms with Gasteiger partial charge >= 0.3 is 5.97 Å². The molecule has 0 radical (unpaired) electrons. The predicted octanol–water partition coefficient (Wildman–Crippen LogP) is 3.25. The summed E-state index contributed by atoms with van der Waals surface area (Å²) in [7, 11) is 0. The van der Waals surface area contributed by atoms with Crippen LogP contribution in [-0.2, 0) is 11.3 Å². The molecule has 2 aromatic heterocycles. The maximum Gasteiger partial charge on any atom is 0.343 e. The monoisotopic (exact) mass is 393 g/mol. The molecule has 0 saturated carbocycles. The van der Waals surface area contributed by atoms with Crippen molar-refractivity contribution in [1.29, 1.82) is 0 Å². The average molecular weight is 394 g/mol. The number of fused-ring (bicyclic) bond motifs is 3. The first-order valence-electron chi connectivity index (χ1n) is 7.89. The fourth-order valence-corrected chi connectivity index (χ4v) is 3.46. The smallest absolute Gasteiger partial charge is 0.343 e.